The summed E-state index contributed by atoms with van der Waals surface area (Å²) in [5, 5.41) is 0. The van der Waals surface area contributed by atoms with Crippen LogP contribution in [0.15, 0.2) is 24.3 Å². The van der Waals surface area contributed by atoms with E-state index in [1.807, 2.05) is 0 Å². The maximum Gasteiger partial charge on any atom is 0.217 e. The summed E-state index contributed by atoms with van der Waals surface area (Å²) in [5.41, 5.74) is 13.8. The van der Waals surface area contributed by atoms with Crippen LogP contribution >= 0.6 is 0 Å². The van der Waals surface area contributed by atoms with Gasteiger partial charge in [0.05, 0.1) is 0 Å². The molecule has 0 aliphatic carbocycles. The van der Waals surface area contributed by atoms with Crippen molar-refractivity contribution in [3.8, 4) is 0 Å². The number of primary amides is 1. The van der Waals surface area contributed by atoms with Crippen molar-refractivity contribution in [3.05, 3.63) is 35.4 Å². The highest BCUT2D eigenvalue weighted by molar-refractivity contribution is 5.73. The van der Waals surface area contributed by atoms with Crippen LogP contribution in [0.4, 0.5) is 0 Å². The molecule has 20 heavy (non-hydrogen) atoms. The first-order chi connectivity index (χ1) is 9.60. The molecule has 0 aromatic heterocycles. The van der Waals surface area contributed by atoms with Gasteiger partial charge in [-0.3, -0.25) is 9.69 Å². The molecule has 0 radical (unpaired) electrons. The standard InChI is InChI=1S/C16H25N3O/c1-12-3-2-4-14(9-12)15(11-17)19-7-5-13(6-8-19)10-16(18)20/h2-4,9,13,15H,5-8,10-11,17H2,1H3,(H2,18,20). The number of hydrogen-bond donors (Lipinski definition) is 2. The van der Waals surface area contributed by atoms with Gasteiger partial charge < -0.3 is 11.5 Å². The van der Waals surface area contributed by atoms with Crippen molar-refractivity contribution in [2.45, 2.75) is 32.2 Å². The summed E-state index contributed by atoms with van der Waals surface area (Å²) in [6.07, 6.45) is 2.59. The first kappa shape index (κ1) is 15.0. The highest BCUT2D eigenvalue weighted by atomic mass is 16.1. The largest absolute Gasteiger partial charge is 0.370 e. The molecule has 0 bridgehead atoms. The van der Waals surface area contributed by atoms with E-state index in [0.717, 1.165) is 25.9 Å². The first-order valence-corrected chi connectivity index (χ1v) is 7.39. The Bertz CT molecular complexity index is 453. The first-order valence-electron chi connectivity index (χ1n) is 7.39. The van der Waals surface area contributed by atoms with Crippen molar-refractivity contribution < 1.29 is 4.79 Å². The third-order valence-electron chi connectivity index (χ3n) is 4.23. The molecular formula is C16H25N3O. The number of carbonyl (C=O) groups excluding carboxylic acids is 1. The molecule has 1 aliphatic heterocycles. The van der Waals surface area contributed by atoms with E-state index in [1.165, 1.54) is 11.1 Å². The van der Waals surface area contributed by atoms with Crippen LogP contribution in [0, 0.1) is 12.8 Å². The van der Waals surface area contributed by atoms with Crippen LogP contribution in [-0.2, 0) is 4.79 Å². The molecule has 1 aliphatic rings. The van der Waals surface area contributed by atoms with Crippen LogP contribution in [0.25, 0.3) is 0 Å². The zero-order valence-electron chi connectivity index (χ0n) is 12.2. The molecule has 1 atom stereocenters. The summed E-state index contributed by atoms with van der Waals surface area (Å²) in [5.74, 6) is 0.261. The third kappa shape index (κ3) is 3.81. The van der Waals surface area contributed by atoms with E-state index < -0.39 is 0 Å². The van der Waals surface area contributed by atoms with Crippen LogP contribution in [0.1, 0.15) is 36.4 Å². The van der Waals surface area contributed by atoms with Crippen LogP contribution < -0.4 is 11.5 Å². The molecule has 1 unspecified atom stereocenters. The Morgan fingerprint density at radius 3 is 2.65 bits per heavy atom. The molecule has 4 nitrogen and oxygen atoms in total. The van der Waals surface area contributed by atoms with Gasteiger partial charge in [-0.15, -0.1) is 0 Å². The van der Waals surface area contributed by atoms with Crippen LogP contribution in [0.3, 0.4) is 0 Å². The summed E-state index contributed by atoms with van der Waals surface area (Å²) in [6, 6.07) is 8.85. The Morgan fingerprint density at radius 2 is 2.10 bits per heavy atom. The molecule has 1 aromatic rings. The molecule has 1 fully saturated rings. The van der Waals surface area contributed by atoms with Crippen LogP contribution in [-0.4, -0.2) is 30.4 Å². The van der Waals surface area contributed by atoms with Crippen molar-refractivity contribution in [1.29, 1.82) is 0 Å². The SMILES string of the molecule is Cc1cccc(C(CN)N2CCC(CC(N)=O)CC2)c1. The second kappa shape index (κ2) is 6.86. The molecule has 0 spiro atoms. The number of hydrogen-bond acceptors (Lipinski definition) is 3. The predicted molar refractivity (Wildman–Crippen MR) is 81.1 cm³/mol. The Labute approximate surface area is 121 Å². The van der Waals surface area contributed by atoms with E-state index in [2.05, 4.69) is 36.1 Å². The van der Waals surface area contributed by atoms with Gasteiger partial charge in [0, 0.05) is 19.0 Å². The van der Waals surface area contributed by atoms with Gasteiger partial charge in [-0.25, -0.2) is 0 Å². The normalized spacial score (nSPS) is 18.9. The molecule has 1 amide bonds. The number of rotatable bonds is 5. The Hall–Kier alpha value is -1.39. The van der Waals surface area contributed by atoms with E-state index in [0.29, 0.717) is 18.9 Å². The lowest BCUT2D eigenvalue weighted by Gasteiger charge is -2.37. The van der Waals surface area contributed by atoms with Gasteiger partial charge in [0.2, 0.25) is 5.91 Å². The number of nitrogens with two attached hydrogens (primary N) is 2. The molecule has 2 rings (SSSR count). The minimum absolute atomic E-state index is 0.183. The number of aryl methyl sites for hydroxylation is 1. The number of carbonyl (C=O) groups is 1. The molecule has 0 saturated carbocycles. The second-order valence-corrected chi connectivity index (χ2v) is 5.82. The van der Waals surface area contributed by atoms with Gasteiger partial charge in [-0.05, 0) is 44.3 Å². The Morgan fingerprint density at radius 1 is 1.40 bits per heavy atom. The number of amides is 1. The van der Waals surface area contributed by atoms with Crippen molar-refractivity contribution in [2.75, 3.05) is 19.6 Å². The maximum atomic E-state index is 11.0. The lowest BCUT2D eigenvalue weighted by Crippen LogP contribution is -2.40. The van der Waals surface area contributed by atoms with E-state index in [1.54, 1.807) is 0 Å². The Kier molecular flexibility index (Phi) is 5.15. The molecule has 1 aromatic carbocycles. The maximum absolute atomic E-state index is 11.0. The van der Waals surface area contributed by atoms with Crippen molar-refractivity contribution in [2.24, 2.45) is 17.4 Å². The molecule has 1 heterocycles. The smallest absolute Gasteiger partial charge is 0.217 e. The number of benzene rings is 1. The van der Waals surface area contributed by atoms with Gasteiger partial charge in [0.15, 0.2) is 0 Å². The van der Waals surface area contributed by atoms with E-state index in [4.69, 9.17) is 11.5 Å². The number of piperidine rings is 1. The van der Waals surface area contributed by atoms with E-state index >= 15 is 0 Å². The summed E-state index contributed by atoms with van der Waals surface area (Å²) in [7, 11) is 0. The fourth-order valence-electron chi connectivity index (χ4n) is 3.13. The van der Waals surface area contributed by atoms with Gasteiger partial charge in [-0.1, -0.05) is 29.8 Å². The van der Waals surface area contributed by atoms with Crippen LogP contribution in [0.2, 0.25) is 0 Å². The van der Waals surface area contributed by atoms with Crippen molar-refractivity contribution in [1.82, 2.24) is 4.90 Å². The highest BCUT2D eigenvalue weighted by Crippen LogP contribution is 2.28. The lowest BCUT2D eigenvalue weighted by atomic mass is 9.91. The van der Waals surface area contributed by atoms with Gasteiger partial charge in [0.25, 0.3) is 0 Å². The zero-order chi connectivity index (χ0) is 14.5. The molecule has 4 heteroatoms. The lowest BCUT2D eigenvalue weighted by molar-refractivity contribution is -0.119. The summed E-state index contributed by atoms with van der Waals surface area (Å²) in [6.45, 7) is 4.72. The monoisotopic (exact) mass is 275 g/mol. The third-order valence-corrected chi connectivity index (χ3v) is 4.23. The number of likely N-dealkylation sites (tertiary alicyclic amines) is 1. The molecular weight excluding hydrogens is 250 g/mol. The average molecular weight is 275 g/mol. The zero-order valence-corrected chi connectivity index (χ0v) is 12.2. The predicted octanol–water partition coefficient (Wildman–Crippen LogP) is 1.58. The molecule has 110 valence electrons. The van der Waals surface area contributed by atoms with Crippen molar-refractivity contribution >= 4 is 5.91 Å². The average Bonchev–Trinajstić information content (AvgIpc) is 2.41. The fraction of sp³-hybridized carbons (Fsp3) is 0.562. The molecule has 1 saturated heterocycles. The topological polar surface area (TPSA) is 72.3 Å². The summed E-state index contributed by atoms with van der Waals surface area (Å²) >= 11 is 0. The minimum Gasteiger partial charge on any atom is -0.370 e. The van der Waals surface area contributed by atoms with Crippen molar-refractivity contribution in [3.63, 3.8) is 0 Å². The van der Waals surface area contributed by atoms with Gasteiger partial charge in [0.1, 0.15) is 0 Å². The fourth-order valence-corrected chi connectivity index (χ4v) is 3.13. The van der Waals surface area contributed by atoms with E-state index in [-0.39, 0.29) is 11.9 Å². The Balaban J connectivity index is 1.98. The van der Waals surface area contributed by atoms with Gasteiger partial charge >= 0.3 is 0 Å². The quantitative estimate of drug-likeness (QED) is 0.857. The highest BCUT2D eigenvalue weighted by Gasteiger charge is 2.26. The van der Waals surface area contributed by atoms with Gasteiger partial charge in [-0.2, -0.15) is 0 Å². The van der Waals surface area contributed by atoms with E-state index in [9.17, 15) is 4.79 Å². The summed E-state index contributed by atoms with van der Waals surface area (Å²) in [4.78, 5) is 13.4. The van der Waals surface area contributed by atoms with Crippen LogP contribution in [0.5, 0.6) is 0 Å². The number of nitrogens with zero attached hydrogens (tertiary/aromatic N) is 1. The second-order valence-electron chi connectivity index (χ2n) is 5.82. The minimum atomic E-state index is -0.183. The summed E-state index contributed by atoms with van der Waals surface area (Å²) < 4.78 is 0. The molecule has 4 N–H and O–H groups in total.